The zero-order valence-corrected chi connectivity index (χ0v) is 60.1. The molecule has 5 rings (SSSR count). The van der Waals surface area contributed by atoms with Crippen LogP contribution in [0.5, 0.6) is 0 Å². The van der Waals surface area contributed by atoms with Crippen molar-refractivity contribution in [2.24, 2.45) is 23.7 Å². The summed E-state index contributed by atoms with van der Waals surface area (Å²) in [7, 11) is 6.73. The maximum atomic E-state index is 14.7. The van der Waals surface area contributed by atoms with E-state index in [0.717, 1.165) is 11.3 Å². The van der Waals surface area contributed by atoms with Gasteiger partial charge in [-0.25, -0.2) is 0 Å². The van der Waals surface area contributed by atoms with Gasteiger partial charge in [0.05, 0.1) is 165 Å². The van der Waals surface area contributed by atoms with Gasteiger partial charge in [-0.05, 0) is 75.1 Å². The Morgan fingerprint density at radius 2 is 1.22 bits per heavy atom. The third kappa shape index (κ3) is 25.2. The SMILES string of the molecule is CC[C@H](C)[C@@H]([C@@H](CC(=O)N1CCC[C@H]1[C@H](OC)[C@@H](C)C(=O)N[C@H](C)[C@@H](O)c1ccccc1)OC)N(C)C(=O)[C@@H](NC(=O)[C@H](C(C)C)N(C)CCCOCCOCCOCCOCCOCCOCCOCCOCCNc1cccc2c1C(=O)N(C1CCC(=O)NC1=O)C2=O)C(C)C. The molecule has 0 saturated carbocycles. The van der Waals surface area contributed by atoms with E-state index in [1.54, 1.807) is 63.1 Å². The fourth-order valence-corrected chi connectivity index (χ4v) is 12.8. The van der Waals surface area contributed by atoms with Crippen molar-refractivity contribution < 1.29 is 90.8 Å². The molecule has 2 aromatic rings. The maximum Gasteiger partial charge on any atom is 0.264 e. The number of nitrogens with zero attached hydrogens (tertiary/aromatic N) is 4. The summed E-state index contributed by atoms with van der Waals surface area (Å²) in [5, 5.41) is 22.4. The van der Waals surface area contributed by atoms with Crippen molar-refractivity contribution in [3.05, 3.63) is 65.2 Å². The largest absolute Gasteiger partial charge is 0.386 e. The number of methoxy groups -OCH3 is 2. The minimum absolute atomic E-state index is 0.0115. The van der Waals surface area contributed by atoms with Crippen molar-refractivity contribution in [3.63, 3.8) is 0 Å². The second-order valence-electron chi connectivity index (χ2n) is 26.0. The summed E-state index contributed by atoms with van der Waals surface area (Å²) in [4.78, 5) is 114. The number of fused-ring (bicyclic) bond motifs is 1. The van der Waals surface area contributed by atoms with E-state index in [0.29, 0.717) is 156 Å². The Balaban J connectivity index is 0.870. The number of likely N-dealkylation sites (N-methyl/N-ethyl adjacent to an activating group) is 2. The first kappa shape index (κ1) is 82.6. The molecule has 0 spiro atoms. The van der Waals surface area contributed by atoms with Crippen LogP contribution in [0.4, 0.5) is 5.69 Å². The standard InChI is InChI=1S/C71H114N8O19/c1-13-49(6)63(57(89-11)46-59(81)78-29-18-24-55(78)65(90-12)50(7)66(83)73-51(8)64(82)52-20-15-14-16-21-52)77(10)71(88)61(47(2)3)75-68(85)62(48(4)5)76(9)28-19-30-91-32-34-93-36-38-95-40-42-97-44-45-98-43-41-96-39-37-94-35-33-92-31-27-72-54-23-17-22-53-60(54)70(87)79(69(53)86)56-25-26-58(80)74-67(56)84/h14-17,20-23,47-51,55-57,61-65,72,82H,13,18-19,24-46H2,1-12H3,(H,73,83)(H,75,85)(H,74,80,84)/t49-,50+,51+,55-,56?,57+,61-,62-,63-,64+,65+/m0/s1. The first-order valence-electron chi connectivity index (χ1n) is 35.0. The molecule has 2 aromatic carbocycles. The van der Waals surface area contributed by atoms with Crippen molar-refractivity contribution >= 4 is 52.9 Å². The number of ether oxygens (including phenoxy) is 10. The average molecular weight is 1380 g/mol. The summed E-state index contributed by atoms with van der Waals surface area (Å²) in [6.07, 6.45) is 0.666. The van der Waals surface area contributed by atoms with Gasteiger partial charge >= 0.3 is 0 Å². The van der Waals surface area contributed by atoms with Crippen LogP contribution in [0.15, 0.2) is 48.5 Å². The van der Waals surface area contributed by atoms with E-state index in [2.05, 4.69) is 21.3 Å². The Hall–Kier alpha value is -6.08. The number of rotatable bonds is 50. The number of hydrogen-bond acceptors (Lipinski definition) is 21. The molecule has 1 unspecified atom stereocenters. The predicted octanol–water partition coefficient (Wildman–Crippen LogP) is 4.28. The highest BCUT2D eigenvalue weighted by Gasteiger charge is 2.47. The van der Waals surface area contributed by atoms with E-state index < -0.39 is 78.1 Å². The number of hydrogen-bond donors (Lipinski definition) is 5. The molecule has 0 aromatic heterocycles. The van der Waals surface area contributed by atoms with E-state index in [1.807, 2.05) is 83.8 Å². The Bertz CT molecular complexity index is 2770. The van der Waals surface area contributed by atoms with Gasteiger partial charge in [-0.1, -0.05) is 91.3 Å². The van der Waals surface area contributed by atoms with Gasteiger partial charge in [0.25, 0.3) is 11.8 Å². The van der Waals surface area contributed by atoms with Crippen LogP contribution in [0.2, 0.25) is 0 Å². The molecule has 27 heteroatoms. The zero-order chi connectivity index (χ0) is 71.7. The highest BCUT2D eigenvalue weighted by molar-refractivity contribution is 6.25. The van der Waals surface area contributed by atoms with Crippen LogP contribution >= 0.6 is 0 Å². The molecule has 2 fully saturated rings. The highest BCUT2D eigenvalue weighted by atomic mass is 16.6. The third-order valence-corrected chi connectivity index (χ3v) is 18.3. The van der Waals surface area contributed by atoms with Gasteiger partial charge in [0.1, 0.15) is 12.1 Å². The number of anilines is 1. The smallest absolute Gasteiger partial charge is 0.264 e. The normalized spacial score (nSPS) is 18.5. The van der Waals surface area contributed by atoms with Crippen LogP contribution in [-0.4, -0.2) is 274 Å². The third-order valence-electron chi connectivity index (χ3n) is 18.3. The second-order valence-corrected chi connectivity index (χ2v) is 26.0. The fourth-order valence-electron chi connectivity index (χ4n) is 12.8. The molecule has 3 aliphatic heterocycles. The Labute approximate surface area is 579 Å². The molecule has 0 radical (unpaired) electrons. The van der Waals surface area contributed by atoms with Crippen LogP contribution in [0.3, 0.4) is 0 Å². The lowest BCUT2D eigenvalue weighted by Crippen LogP contribution is -2.60. The van der Waals surface area contributed by atoms with E-state index in [4.69, 9.17) is 47.4 Å². The van der Waals surface area contributed by atoms with Gasteiger partial charge in [0, 0.05) is 59.6 Å². The molecular formula is C71H114N8O19. The molecule has 552 valence electrons. The number of imide groups is 2. The first-order valence-corrected chi connectivity index (χ1v) is 35.0. The molecule has 3 heterocycles. The molecule has 11 atom stereocenters. The molecule has 0 bridgehead atoms. The average Bonchev–Trinajstić information content (AvgIpc) is 1.60. The minimum atomic E-state index is -1.03. The highest BCUT2D eigenvalue weighted by Crippen LogP contribution is 2.34. The Morgan fingerprint density at radius 3 is 1.74 bits per heavy atom. The fraction of sp³-hybridized carbons (Fsp3) is 0.718. The topological polar surface area (TPSA) is 310 Å². The first-order chi connectivity index (χ1) is 47.1. The number of benzene rings is 2. The Morgan fingerprint density at radius 1 is 0.663 bits per heavy atom. The summed E-state index contributed by atoms with van der Waals surface area (Å²) in [5.74, 6) is -4.24. The van der Waals surface area contributed by atoms with Gasteiger partial charge in [-0.3, -0.25) is 53.5 Å². The monoisotopic (exact) mass is 1380 g/mol. The molecular weight excluding hydrogens is 1270 g/mol. The van der Waals surface area contributed by atoms with Crippen molar-refractivity contribution in [2.45, 2.75) is 155 Å². The van der Waals surface area contributed by atoms with E-state index in [-0.39, 0.29) is 77.8 Å². The lowest BCUT2D eigenvalue weighted by molar-refractivity contribution is -0.148. The molecule has 3 aliphatic rings. The van der Waals surface area contributed by atoms with Crippen LogP contribution in [-0.2, 0) is 76.1 Å². The molecule has 27 nitrogen and oxygen atoms in total. The van der Waals surface area contributed by atoms with E-state index in [9.17, 15) is 43.5 Å². The summed E-state index contributed by atoms with van der Waals surface area (Å²) < 4.78 is 57.1. The molecule has 98 heavy (non-hydrogen) atoms. The molecule has 0 aliphatic carbocycles. The van der Waals surface area contributed by atoms with Crippen molar-refractivity contribution in [3.8, 4) is 0 Å². The van der Waals surface area contributed by atoms with Gasteiger partial charge in [0.2, 0.25) is 35.4 Å². The van der Waals surface area contributed by atoms with Crippen LogP contribution in [0.25, 0.3) is 0 Å². The maximum absolute atomic E-state index is 14.7. The zero-order valence-electron chi connectivity index (χ0n) is 60.1. The second kappa shape index (κ2) is 44.2. The minimum Gasteiger partial charge on any atom is -0.386 e. The van der Waals surface area contributed by atoms with Crippen LogP contribution < -0.4 is 21.3 Å². The number of nitrogens with one attached hydrogen (secondary N) is 4. The number of aliphatic hydroxyl groups excluding tert-OH is 1. The molecule has 2 saturated heterocycles. The number of amides is 8. The quantitative estimate of drug-likeness (QED) is 0.0456. The predicted molar refractivity (Wildman–Crippen MR) is 366 cm³/mol. The molecule has 5 N–H and O–H groups in total. The van der Waals surface area contributed by atoms with Crippen LogP contribution in [0, 0.1) is 23.7 Å². The van der Waals surface area contributed by atoms with Gasteiger partial charge < -0.3 is 78.2 Å². The summed E-state index contributed by atoms with van der Waals surface area (Å²) >= 11 is 0. The van der Waals surface area contributed by atoms with E-state index in [1.165, 1.54) is 0 Å². The van der Waals surface area contributed by atoms with Crippen molar-refractivity contribution in [2.75, 3.05) is 159 Å². The summed E-state index contributed by atoms with van der Waals surface area (Å²) in [6.45, 7) is 23.2. The number of carbonyl (C=O) groups is 8. The summed E-state index contributed by atoms with van der Waals surface area (Å²) in [5.41, 5.74) is 1.56. The Kier molecular flexibility index (Phi) is 37.3. The lowest BCUT2D eigenvalue weighted by atomic mass is 9.89. The molecule has 8 amide bonds. The van der Waals surface area contributed by atoms with Gasteiger partial charge in [0.15, 0.2) is 0 Å². The number of piperidine rings is 1. The van der Waals surface area contributed by atoms with Crippen molar-refractivity contribution in [1.29, 1.82) is 0 Å². The lowest BCUT2D eigenvalue weighted by Gasteiger charge is -2.41. The summed E-state index contributed by atoms with van der Waals surface area (Å²) in [6, 6.07) is 10.2. The van der Waals surface area contributed by atoms with Crippen LogP contribution in [0.1, 0.15) is 133 Å². The van der Waals surface area contributed by atoms with Gasteiger partial charge in [-0.2, -0.15) is 0 Å². The van der Waals surface area contributed by atoms with E-state index >= 15 is 0 Å². The number of aliphatic hydroxyl groups is 1. The van der Waals surface area contributed by atoms with Gasteiger partial charge in [-0.15, -0.1) is 0 Å². The van der Waals surface area contributed by atoms with Crippen molar-refractivity contribution in [1.82, 2.24) is 35.6 Å². The number of likely N-dealkylation sites (tertiary alicyclic amines) is 1. The number of carbonyl (C=O) groups excluding carboxylic acids is 8.